The molecule has 0 saturated carbocycles. The van der Waals surface area contributed by atoms with Gasteiger partial charge in [0.2, 0.25) is 0 Å². The van der Waals surface area contributed by atoms with E-state index in [2.05, 4.69) is 10.2 Å². The first-order valence-corrected chi connectivity index (χ1v) is 7.43. The van der Waals surface area contributed by atoms with Crippen LogP contribution in [-0.2, 0) is 9.84 Å². The zero-order chi connectivity index (χ0) is 12.5. The second-order valence-corrected chi connectivity index (χ2v) is 6.22. The molecule has 0 amide bonds. The van der Waals surface area contributed by atoms with Crippen LogP contribution in [0, 0.1) is 0 Å². The van der Waals surface area contributed by atoms with Gasteiger partial charge in [-0.05, 0) is 18.2 Å². The second-order valence-electron chi connectivity index (χ2n) is 4.23. The van der Waals surface area contributed by atoms with Crippen molar-refractivity contribution >= 4 is 21.2 Å². The van der Waals surface area contributed by atoms with Gasteiger partial charge in [0.05, 0.1) is 10.6 Å². The van der Waals surface area contributed by atoms with Crippen molar-refractivity contribution in [2.45, 2.75) is 4.90 Å². The van der Waals surface area contributed by atoms with Crippen molar-refractivity contribution in [2.75, 3.05) is 43.1 Å². The van der Waals surface area contributed by atoms with Crippen molar-refractivity contribution in [3.05, 3.63) is 18.2 Å². The van der Waals surface area contributed by atoms with Crippen LogP contribution in [0.1, 0.15) is 0 Å². The molecule has 0 spiro atoms. The molecule has 0 unspecified atom stereocenters. The van der Waals surface area contributed by atoms with E-state index in [0.29, 0.717) is 5.69 Å². The molecule has 0 bridgehead atoms. The minimum absolute atomic E-state index is 0.205. The standard InChI is InChI=1S/C11H17N3O2S/c1-17(15,16)11-3-2-9(8-10(11)12)14-6-4-13-5-7-14/h2-3,8,13H,4-7,12H2,1H3. The summed E-state index contributed by atoms with van der Waals surface area (Å²) in [4.78, 5) is 2.40. The first kappa shape index (κ1) is 12.2. The topological polar surface area (TPSA) is 75.4 Å². The summed E-state index contributed by atoms with van der Waals surface area (Å²) in [7, 11) is -3.24. The van der Waals surface area contributed by atoms with Gasteiger partial charge in [-0.2, -0.15) is 0 Å². The molecule has 0 radical (unpaired) electrons. The van der Waals surface area contributed by atoms with Gasteiger partial charge in [0, 0.05) is 38.1 Å². The Morgan fingerprint density at radius 1 is 1.29 bits per heavy atom. The molecule has 0 aromatic heterocycles. The lowest BCUT2D eigenvalue weighted by atomic mass is 10.2. The van der Waals surface area contributed by atoms with Crippen LogP contribution in [0.2, 0.25) is 0 Å². The second kappa shape index (κ2) is 4.54. The molecule has 2 rings (SSSR count). The predicted molar refractivity (Wildman–Crippen MR) is 69.0 cm³/mol. The maximum atomic E-state index is 11.4. The van der Waals surface area contributed by atoms with Gasteiger partial charge >= 0.3 is 0 Å². The van der Waals surface area contributed by atoms with Crippen molar-refractivity contribution in [3.8, 4) is 0 Å². The molecule has 6 heteroatoms. The van der Waals surface area contributed by atoms with E-state index >= 15 is 0 Å². The van der Waals surface area contributed by atoms with E-state index in [1.807, 2.05) is 6.07 Å². The number of nitrogen functional groups attached to an aromatic ring is 1. The Morgan fingerprint density at radius 2 is 1.94 bits per heavy atom. The molecule has 17 heavy (non-hydrogen) atoms. The molecule has 1 heterocycles. The van der Waals surface area contributed by atoms with Crippen molar-refractivity contribution in [2.24, 2.45) is 0 Å². The number of nitrogens with two attached hydrogens (primary N) is 1. The summed E-state index contributed by atoms with van der Waals surface area (Å²) in [5, 5.41) is 3.27. The minimum Gasteiger partial charge on any atom is -0.398 e. The first-order valence-electron chi connectivity index (χ1n) is 5.54. The molecule has 1 aromatic rings. The predicted octanol–water partition coefficient (Wildman–Crippen LogP) is 0.0819. The van der Waals surface area contributed by atoms with Crippen molar-refractivity contribution in [3.63, 3.8) is 0 Å². The van der Waals surface area contributed by atoms with E-state index in [-0.39, 0.29) is 4.90 Å². The van der Waals surface area contributed by atoms with E-state index < -0.39 is 9.84 Å². The maximum absolute atomic E-state index is 11.4. The number of rotatable bonds is 2. The van der Waals surface area contributed by atoms with Crippen molar-refractivity contribution in [1.82, 2.24) is 5.32 Å². The van der Waals surface area contributed by atoms with Crippen LogP contribution in [0.4, 0.5) is 11.4 Å². The van der Waals surface area contributed by atoms with Gasteiger partial charge < -0.3 is 16.0 Å². The zero-order valence-corrected chi connectivity index (χ0v) is 10.6. The number of hydrogen-bond acceptors (Lipinski definition) is 5. The van der Waals surface area contributed by atoms with E-state index in [9.17, 15) is 8.42 Å². The Balaban J connectivity index is 2.30. The van der Waals surface area contributed by atoms with Crippen molar-refractivity contribution in [1.29, 1.82) is 0 Å². The average molecular weight is 255 g/mol. The molecular formula is C11H17N3O2S. The van der Waals surface area contributed by atoms with Crippen LogP contribution in [0.3, 0.4) is 0 Å². The largest absolute Gasteiger partial charge is 0.398 e. The molecule has 5 nitrogen and oxygen atoms in total. The highest BCUT2D eigenvalue weighted by molar-refractivity contribution is 7.90. The van der Waals surface area contributed by atoms with Gasteiger partial charge in [-0.1, -0.05) is 0 Å². The molecule has 3 N–H and O–H groups in total. The fraction of sp³-hybridized carbons (Fsp3) is 0.455. The molecule has 1 fully saturated rings. The van der Waals surface area contributed by atoms with Gasteiger partial charge in [0.25, 0.3) is 0 Å². The number of piperazine rings is 1. The number of anilines is 2. The first-order chi connectivity index (χ1) is 7.98. The molecular weight excluding hydrogens is 238 g/mol. The zero-order valence-electron chi connectivity index (χ0n) is 9.81. The summed E-state index contributed by atoms with van der Waals surface area (Å²) >= 11 is 0. The lowest BCUT2D eigenvalue weighted by Crippen LogP contribution is -2.43. The summed E-state index contributed by atoms with van der Waals surface area (Å²) in [5.41, 5.74) is 7.10. The highest BCUT2D eigenvalue weighted by atomic mass is 32.2. The van der Waals surface area contributed by atoms with Gasteiger partial charge in [-0.25, -0.2) is 8.42 Å². The normalized spacial score (nSPS) is 17.1. The number of benzene rings is 1. The third kappa shape index (κ3) is 2.70. The Bertz CT molecular complexity index is 507. The molecule has 94 valence electrons. The average Bonchev–Trinajstić information content (AvgIpc) is 2.28. The van der Waals surface area contributed by atoms with Crippen LogP contribution < -0.4 is 16.0 Å². The lowest BCUT2D eigenvalue weighted by Gasteiger charge is -2.29. The Morgan fingerprint density at radius 3 is 2.47 bits per heavy atom. The van der Waals surface area contributed by atoms with E-state index in [0.717, 1.165) is 31.9 Å². The highest BCUT2D eigenvalue weighted by Gasteiger charge is 2.15. The summed E-state index contributed by atoms with van der Waals surface area (Å²) in [6.07, 6.45) is 1.17. The van der Waals surface area contributed by atoms with Crippen LogP contribution in [0.25, 0.3) is 0 Å². The highest BCUT2D eigenvalue weighted by Crippen LogP contribution is 2.25. The molecule has 1 saturated heterocycles. The van der Waals surface area contributed by atoms with Crippen LogP contribution in [-0.4, -0.2) is 40.9 Å². The lowest BCUT2D eigenvalue weighted by molar-refractivity contribution is 0.589. The Hall–Kier alpha value is -1.27. The van der Waals surface area contributed by atoms with Gasteiger partial charge in [-0.3, -0.25) is 0 Å². The minimum atomic E-state index is -3.24. The molecule has 1 aliphatic rings. The molecule has 0 atom stereocenters. The SMILES string of the molecule is CS(=O)(=O)c1ccc(N2CCNCC2)cc1N. The van der Waals surface area contributed by atoms with Gasteiger partial charge in [0.15, 0.2) is 9.84 Å². The fourth-order valence-corrected chi connectivity index (χ4v) is 2.80. The molecule has 1 aromatic carbocycles. The summed E-state index contributed by atoms with van der Waals surface area (Å²) in [6.45, 7) is 3.71. The van der Waals surface area contributed by atoms with Crippen LogP contribution in [0.5, 0.6) is 0 Å². The summed E-state index contributed by atoms with van der Waals surface area (Å²) in [6, 6.07) is 5.14. The third-order valence-electron chi connectivity index (χ3n) is 2.87. The number of nitrogens with zero attached hydrogens (tertiary/aromatic N) is 1. The third-order valence-corrected chi connectivity index (χ3v) is 4.05. The number of sulfone groups is 1. The maximum Gasteiger partial charge on any atom is 0.177 e. The van der Waals surface area contributed by atoms with Crippen molar-refractivity contribution < 1.29 is 8.42 Å². The number of nitrogens with one attached hydrogen (secondary N) is 1. The van der Waals surface area contributed by atoms with Gasteiger partial charge in [-0.15, -0.1) is 0 Å². The quantitative estimate of drug-likeness (QED) is 0.732. The Kier molecular flexibility index (Phi) is 3.26. The van der Waals surface area contributed by atoms with Crippen LogP contribution in [0.15, 0.2) is 23.1 Å². The smallest absolute Gasteiger partial charge is 0.177 e. The van der Waals surface area contributed by atoms with E-state index in [1.165, 1.54) is 6.26 Å². The molecule has 0 aliphatic carbocycles. The fourth-order valence-electron chi connectivity index (χ4n) is 1.99. The van der Waals surface area contributed by atoms with Gasteiger partial charge in [0.1, 0.15) is 0 Å². The summed E-state index contributed by atoms with van der Waals surface area (Å²) in [5.74, 6) is 0. The summed E-state index contributed by atoms with van der Waals surface area (Å²) < 4.78 is 22.9. The van der Waals surface area contributed by atoms with Crippen LogP contribution >= 0.6 is 0 Å². The Labute approximate surface area is 102 Å². The monoisotopic (exact) mass is 255 g/mol. The van der Waals surface area contributed by atoms with E-state index in [1.54, 1.807) is 12.1 Å². The van der Waals surface area contributed by atoms with E-state index in [4.69, 9.17) is 5.73 Å². The number of hydrogen-bond donors (Lipinski definition) is 2. The molecule has 1 aliphatic heterocycles.